The van der Waals surface area contributed by atoms with Crippen LogP contribution in [0.3, 0.4) is 0 Å². The first-order chi connectivity index (χ1) is 12.0. The number of hydrogen-bond donors (Lipinski definition) is 0. The van der Waals surface area contributed by atoms with Gasteiger partial charge in [-0.3, -0.25) is 9.69 Å². The van der Waals surface area contributed by atoms with Crippen molar-refractivity contribution in [2.24, 2.45) is 0 Å². The van der Waals surface area contributed by atoms with E-state index < -0.39 is 9.84 Å². The van der Waals surface area contributed by atoms with Crippen LogP contribution in [0.25, 0.3) is 0 Å². The lowest BCUT2D eigenvalue weighted by Gasteiger charge is -2.37. The molecule has 2 fully saturated rings. The summed E-state index contributed by atoms with van der Waals surface area (Å²) >= 11 is 1.53. The zero-order valence-corrected chi connectivity index (χ0v) is 16.0. The molecule has 2 heterocycles. The van der Waals surface area contributed by atoms with Gasteiger partial charge in [0.2, 0.25) is 5.91 Å². The predicted octanol–water partition coefficient (Wildman–Crippen LogP) is 1.12. The molecule has 0 radical (unpaired) electrons. The van der Waals surface area contributed by atoms with Crippen LogP contribution in [-0.2, 0) is 14.6 Å². The maximum Gasteiger partial charge on any atom is 0.233 e. The van der Waals surface area contributed by atoms with E-state index in [9.17, 15) is 13.2 Å². The molecule has 0 aliphatic carbocycles. The number of ether oxygens (including phenoxy) is 1. The Balaban J connectivity index is 1.43. The Kier molecular flexibility index (Phi) is 5.91. The largest absolute Gasteiger partial charge is 0.497 e. The van der Waals surface area contributed by atoms with Crippen molar-refractivity contribution < 1.29 is 17.9 Å². The van der Waals surface area contributed by atoms with Crippen LogP contribution in [0.5, 0.6) is 5.75 Å². The van der Waals surface area contributed by atoms with Gasteiger partial charge in [0.05, 0.1) is 24.4 Å². The van der Waals surface area contributed by atoms with Gasteiger partial charge in [-0.25, -0.2) is 8.42 Å². The minimum atomic E-state index is -2.85. The van der Waals surface area contributed by atoms with Gasteiger partial charge in [-0.2, -0.15) is 0 Å². The van der Waals surface area contributed by atoms with Crippen LogP contribution in [0.2, 0.25) is 0 Å². The van der Waals surface area contributed by atoms with Crippen LogP contribution in [0, 0.1) is 0 Å². The second-order valence-electron chi connectivity index (χ2n) is 6.44. The first-order valence-corrected chi connectivity index (χ1v) is 11.3. The van der Waals surface area contributed by atoms with Gasteiger partial charge in [0.15, 0.2) is 9.84 Å². The Morgan fingerprint density at radius 3 is 2.44 bits per heavy atom. The summed E-state index contributed by atoms with van der Waals surface area (Å²) in [5.74, 6) is 1.94. The van der Waals surface area contributed by atoms with Crippen molar-refractivity contribution in [1.82, 2.24) is 9.80 Å². The summed E-state index contributed by atoms with van der Waals surface area (Å²) in [6.07, 6.45) is 0.726. The van der Waals surface area contributed by atoms with Crippen molar-refractivity contribution >= 4 is 27.5 Å². The minimum absolute atomic E-state index is 0.135. The van der Waals surface area contributed by atoms with Crippen LogP contribution in [0.15, 0.2) is 29.2 Å². The number of thioether (sulfide) groups is 1. The lowest BCUT2D eigenvalue weighted by Crippen LogP contribution is -2.52. The smallest absolute Gasteiger partial charge is 0.233 e. The number of piperazine rings is 1. The van der Waals surface area contributed by atoms with Crippen molar-refractivity contribution in [3.05, 3.63) is 24.3 Å². The number of sulfone groups is 1. The third kappa shape index (κ3) is 4.89. The maximum atomic E-state index is 12.4. The third-order valence-corrected chi connectivity index (χ3v) is 7.56. The molecule has 0 saturated carbocycles. The highest BCUT2D eigenvalue weighted by Gasteiger charge is 2.34. The molecule has 8 heteroatoms. The zero-order valence-electron chi connectivity index (χ0n) is 14.4. The average Bonchev–Trinajstić information content (AvgIpc) is 3.00. The van der Waals surface area contributed by atoms with E-state index >= 15 is 0 Å². The molecule has 138 valence electrons. The van der Waals surface area contributed by atoms with Crippen molar-refractivity contribution in [1.29, 1.82) is 0 Å². The van der Waals surface area contributed by atoms with E-state index in [1.807, 2.05) is 29.2 Å². The Bertz CT molecular complexity index is 698. The van der Waals surface area contributed by atoms with Crippen molar-refractivity contribution in [3.63, 3.8) is 0 Å². The minimum Gasteiger partial charge on any atom is -0.497 e. The van der Waals surface area contributed by atoms with Gasteiger partial charge in [0.25, 0.3) is 0 Å². The summed E-state index contributed by atoms with van der Waals surface area (Å²) in [5.41, 5.74) is 0. The second-order valence-corrected chi connectivity index (χ2v) is 9.72. The standard InChI is InChI=1S/C17H24N2O4S2/c1-23-15-2-4-16(5-3-15)24-12-17(20)19-9-7-18(8-10-19)14-6-11-25(21,22)13-14/h2-5,14H,6-13H2,1H3/t14-/m1/s1. The van der Waals surface area contributed by atoms with Crippen molar-refractivity contribution in [3.8, 4) is 5.75 Å². The zero-order chi connectivity index (χ0) is 17.9. The first kappa shape index (κ1) is 18.5. The fourth-order valence-electron chi connectivity index (χ4n) is 3.31. The molecule has 1 atom stereocenters. The first-order valence-electron chi connectivity index (χ1n) is 8.46. The van der Waals surface area contributed by atoms with Crippen LogP contribution < -0.4 is 4.74 Å². The summed E-state index contributed by atoms with van der Waals surface area (Å²) < 4.78 is 28.4. The monoisotopic (exact) mass is 384 g/mol. The molecule has 6 nitrogen and oxygen atoms in total. The molecule has 1 aromatic rings. The van der Waals surface area contributed by atoms with Gasteiger partial charge in [-0.15, -0.1) is 11.8 Å². The third-order valence-electron chi connectivity index (χ3n) is 4.81. The second kappa shape index (κ2) is 7.97. The lowest BCUT2D eigenvalue weighted by atomic mass is 10.2. The van der Waals surface area contributed by atoms with Gasteiger partial charge in [-0.05, 0) is 30.7 Å². The molecular weight excluding hydrogens is 360 g/mol. The predicted molar refractivity (Wildman–Crippen MR) is 98.9 cm³/mol. The summed E-state index contributed by atoms with van der Waals surface area (Å²) in [7, 11) is -1.22. The Morgan fingerprint density at radius 2 is 1.88 bits per heavy atom. The van der Waals surface area contributed by atoms with E-state index in [1.54, 1.807) is 7.11 Å². The highest BCUT2D eigenvalue weighted by molar-refractivity contribution is 8.00. The SMILES string of the molecule is COc1ccc(SCC(=O)N2CCN([C@@H]3CCS(=O)(=O)C3)CC2)cc1. The maximum absolute atomic E-state index is 12.4. The molecule has 2 saturated heterocycles. The molecule has 0 unspecified atom stereocenters. The fraction of sp³-hybridized carbons (Fsp3) is 0.588. The molecule has 25 heavy (non-hydrogen) atoms. The molecule has 1 aromatic carbocycles. The van der Waals surface area contributed by atoms with E-state index in [2.05, 4.69) is 4.90 Å². The topological polar surface area (TPSA) is 66.9 Å². The molecule has 1 amide bonds. The van der Waals surface area contributed by atoms with Gasteiger partial charge in [0.1, 0.15) is 5.75 Å². The summed E-state index contributed by atoms with van der Waals surface area (Å²) in [4.78, 5) is 17.5. The number of rotatable bonds is 5. The number of methoxy groups -OCH3 is 1. The van der Waals surface area contributed by atoms with Crippen LogP contribution in [0.4, 0.5) is 0 Å². The van der Waals surface area contributed by atoms with Gasteiger partial charge in [0, 0.05) is 37.1 Å². The lowest BCUT2D eigenvalue weighted by molar-refractivity contribution is -0.130. The fourth-order valence-corrected chi connectivity index (χ4v) is 5.87. The molecule has 0 bridgehead atoms. The van der Waals surface area contributed by atoms with Crippen molar-refractivity contribution in [2.45, 2.75) is 17.4 Å². The molecule has 2 aliphatic rings. The summed E-state index contributed by atoms with van der Waals surface area (Å²) in [6, 6.07) is 7.82. The quantitative estimate of drug-likeness (QED) is 0.709. The number of amides is 1. The molecule has 0 spiro atoms. The summed E-state index contributed by atoms with van der Waals surface area (Å²) in [6.45, 7) is 2.88. The molecule has 0 N–H and O–H groups in total. The molecule has 2 aliphatic heterocycles. The number of hydrogen-bond acceptors (Lipinski definition) is 6. The van der Waals surface area contributed by atoms with E-state index in [4.69, 9.17) is 4.74 Å². The van der Waals surface area contributed by atoms with Crippen LogP contribution in [-0.4, -0.2) is 80.7 Å². The van der Waals surface area contributed by atoms with E-state index in [0.717, 1.165) is 30.2 Å². The van der Waals surface area contributed by atoms with Crippen LogP contribution >= 0.6 is 11.8 Å². The molecule has 0 aromatic heterocycles. The van der Waals surface area contributed by atoms with Gasteiger partial charge in [-0.1, -0.05) is 0 Å². The number of benzene rings is 1. The van der Waals surface area contributed by atoms with Crippen molar-refractivity contribution in [2.75, 3.05) is 50.5 Å². The van der Waals surface area contributed by atoms with E-state index in [1.165, 1.54) is 11.8 Å². The Labute approximate surface area is 153 Å². The number of nitrogens with zero attached hydrogens (tertiary/aromatic N) is 2. The Hall–Kier alpha value is -1.25. The number of carbonyl (C=O) groups is 1. The van der Waals surface area contributed by atoms with Crippen LogP contribution in [0.1, 0.15) is 6.42 Å². The summed E-state index contributed by atoms with van der Waals surface area (Å²) in [5, 5.41) is 0. The average molecular weight is 385 g/mol. The van der Waals surface area contributed by atoms with Gasteiger partial charge >= 0.3 is 0 Å². The highest BCUT2D eigenvalue weighted by Crippen LogP contribution is 2.23. The normalized spacial score (nSPS) is 23.6. The van der Waals surface area contributed by atoms with E-state index in [-0.39, 0.29) is 17.7 Å². The molecular formula is C17H24N2O4S2. The van der Waals surface area contributed by atoms with Gasteiger partial charge < -0.3 is 9.64 Å². The highest BCUT2D eigenvalue weighted by atomic mass is 32.2. The number of carbonyl (C=O) groups excluding carboxylic acids is 1. The molecule has 3 rings (SSSR count). The Morgan fingerprint density at radius 1 is 1.20 bits per heavy atom. The van der Waals surface area contributed by atoms with E-state index in [0.29, 0.717) is 24.6 Å².